The van der Waals surface area contributed by atoms with Gasteiger partial charge in [0.05, 0.1) is 23.9 Å². The van der Waals surface area contributed by atoms with Gasteiger partial charge in [-0.2, -0.15) is 8.42 Å². The maximum absolute atomic E-state index is 11.6. The van der Waals surface area contributed by atoms with Gasteiger partial charge in [-0.25, -0.2) is 0 Å². The first-order chi connectivity index (χ1) is 8.42. The Morgan fingerprint density at radius 1 is 1.32 bits per heavy atom. The molecule has 0 atom stereocenters. The molecule has 0 unspecified atom stereocenters. The van der Waals surface area contributed by atoms with Crippen LogP contribution in [0.25, 0.3) is 0 Å². The molecule has 0 N–H and O–H groups in total. The van der Waals surface area contributed by atoms with Crippen LogP contribution in [0.4, 0.5) is 0 Å². The Morgan fingerprint density at radius 2 is 1.84 bits per heavy atom. The Hall–Kier alpha value is -0.920. The highest BCUT2D eigenvalue weighted by Crippen LogP contribution is 2.40. The van der Waals surface area contributed by atoms with E-state index < -0.39 is 27.2 Å². The van der Waals surface area contributed by atoms with Crippen molar-refractivity contribution >= 4 is 16.1 Å². The molecule has 0 aromatic rings. The molecule has 6 nitrogen and oxygen atoms in total. The summed E-state index contributed by atoms with van der Waals surface area (Å²) in [5, 5.41) is 1.52. The van der Waals surface area contributed by atoms with Crippen molar-refractivity contribution in [3.63, 3.8) is 0 Å². The number of carbonyl (C=O) groups excluding carboxylic acids is 1. The van der Waals surface area contributed by atoms with Gasteiger partial charge >= 0.3 is 5.97 Å². The van der Waals surface area contributed by atoms with Crippen LogP contribution in [0, 0.1) is 0 Å². The molecular weight excluding hydrogens is 270 g/mol. The fourth-order valence-electron chi connectivity index (χ4n) is 2.34. The molecule has 0 spiro atoms. The molecule has 7 heteroatoms. The van der Waals surface area contributed by atoms with Crippen LogP contribution in [0.5, 0.6) is 0 Å². The van der Waals surface area contributed by atoms with Gasteiger partial charge in [-0.05, 0) is 33.3 Å². The summed E-state index contributed by atoms with van der Waals surface area (Å²) >= 11 is 0. The Labute approximate surface area is 114 Å². The molecule has 0 aromatic heterocycles. The minimum Gasteiger partial charge on any atom is -0.367 e. The Bertz CT molecular complexity index is 504. The first-order valence-corrected chi connectivity index (χ1v) is 7.49. The highest BCUT2D eigenvalue weighted by molar-refractivity contribution is 7.86. The van der Waals surface area contributed by atoms with E-state index in [2.05, 4.69) is 4.18 Å². The van der Waals surface area contributed by atoms with Gasteiger partial charge in [0, 0.05) is 6.92 Å². The van der Waals surface area contributed by atoms with Crippen molar-refractivity contribution in [3.05, 3.63) is 11.6 Å². The van der Waals surface area contributed by atoms with E-state index in [0.717, 1.165) is 7.11 Å². The standard InChI is InChI=1S/C12H21NO5S/c1-9(14)18-13-11(2,3)7-10(12(13,4)5)8-19(15,16)17-6/h7H,8H2,1-6H3. The van der Waals surface area contributed by atoms with Crippen LogP contribution in [-0.2, 0) is 23.9 Å². The first kappa shape index (κ1) is 16.1. The second-order valence-electron chi connectivity index (χ2n) is 5.63. The SMILES string of the molecule is COS(=O)(=O)CC1=CC(C)(C)N(OC(C)=O)C1(C)C. The minimum absolute atomic E-state index is 0.225. The second kappa shape index (κ2) is 4.88. The predicted octanol–water partition coefficient (Wildman–Crippen LogP) is 1.24. The van der Waals surface area contributed by atoms with Crippen LogP contribution in [0.15, 0.2) is 11.6 Å². The van der Waals surface area contributed by atoms with E-state index in [4.69, 9.17) is 4.84 Å². The van der Waals surface area contributed by atoms with Gasteiger partial charge in [0.15, 0.2) is 0 Å². The molecule has 0 saturated carbocycles. The third-order valence-electron chi connectivity index (χ3n) is 3.15. The van der Waals surface area contributed by atoms with Crippen molar-refractivity contribution in [2.75, 3.05) is 12.9 Å². The minimum atomic E-state index is -3.61. The molecule has 1 rings (SSSR count). The maximum atomic E-state index is 11.6. The van der Waals surface area contributed by atoms with Gasteiger partial charge < -0.3 is 4.84 Å². The zero-order chi connectivity index (χ0) is 15.1. The van der Waals surface area contributed by atoms with Crippen LogP contribution in [-0.4, -0.2) is 43.4 Å². The third kappa shape index (κ3) is 3.34. The molecule has 0 fully saturated rings. The number of carbonyl (C=O) groups is 1. The molecule has 0 radical (unpaired) electrons. The molecule has 1 heterocycles. The second-order valence-corrected chi connectivity index (χ2v) is 7.37. The monoisotopic (exact) mass is 291 g/mol. The number of hydrogen-bond acceptors (Lipinski definition) is 6. The van der Waals surface area contributed by atoms with Gasteiger partial charge in [0.2, 0.25) is 0 Å². The molecule has 19 heavy (non-hydrogen) atoms. The van der Waals surface area contributed by atoms with Gasteiger partial charge in [0.25, 0.3) is 10.1 Å². The number of rotatable bonds is 4. The lowest BCUT2D eigenvalue weighted by Crippen LogP contribution is -2.51. The summed E-state index contributed by atoms with van der Waals surface area (Å²) in [6, 6.07) is 0. The van der Waals surface area contributed by atoms with Crippen molar-refractivity contribution in [1.29, 1.82) is 0 Å². The largest absolute Gasteiger partial charge is 0.367 e. The lowest BCUT2D eigenvalue weighted by Gasteiger charge is -2.39. The summed E-state index contributed by atoms with van der Waals surface area (Å²) in [5.74, 6) is -0.664. The summed E-state index contributed by atoms with van der Waals surface area (Å²) in [6.45, 7) is 8.63. The number of hydrogen-bond donors (Lipinski definition) is 0. The van der Waals surface area contributed by atoms with Crippen LogP contribution in [0.1, 0.15) is 34.6 Å². The molecule has 110 valence electrons. The lowest BCUT2D eigenvalue weighted by molar-refractivity contribution is -0.228. The van der Waals surface area contributed by atoms with E-state index in [1.807, 2.05) is 27.7 Å². The van der Waals surface area contributed by atoms with Crippen molar-refractivity contribution in [2.24, 2.45) is 0 Å². The van der Waals surface area contributed by atoms with Crippen molar-refractivity contribution in [1.82, 2.24) is 5.06 Å². The molecule has 0 saturated heterocycles. The quantitative estimate of drug-likeness (QED) is 0.573. The molecular formula is C12H21NO5S. The summed E-state index contributed by atoms with van der Waals surface area (Å²) in [5.41, 5.74) is -0.644. The number of nitrogens with zero attached hydrogens (tertiary/aromatic N) is 1. The summed E-state index contributed by atoms with van der Waals surface area (Å²) in [7, 11) is -2.48. The highest BCUT2D eigenvalue weighted by atomic mass is 32.2. The Kier molecular flexibility index (Phi) is 4.15. The topological polar surface area (TPSA) is 72.9 Å². The average molecular weight is 291 g/mol. The molecule has 1 aliphatic heterocycles. The van der Waals surface area contributed by atoms with Crippen LogP contribution < -0.4 is 0 Å². The molecule has 0 aliphatic carbocycles. The normalized spacial score (nSPS) is 22.1. The predicted molar refractivity (Wildman–Crippen MR) is 70.6 cm³/mol. The summed E-state index contributed by atoms with van der Waals surface area (Å²) in [4.78, 5) is 16.4. The Balaban J connectivity index is 3.12. The highest BCUT2D eigenvalue weighted by Gasteiger charge is 2.49. The van der Waals surface area contributed by atoms with Crippen LogP contribution in [0.2, 0.25) is 0 Å². The third-order valence-corrected chi connectivity index (χ3v) is 4.32. The zero-order valence-corrected chi connectivity index (χ0v) is 13.0. The lowest BCUT2D eigenvalue weighted by atomic mass is 9.98. The smallest absolute Gasteiger partial charge is 0.322 e. The molecule has 0 amide bonds. The summed E-state index contributed by atoms with van der Waals surface area (Å²) in [6.07, 6.45) is 1.80. The van der Waals surface area contributed by atoms with Crippen molar-refractivity contribution in [2.45, 2.75) is 45.7 Å². The zero-order valence-electron chi connectivity index (χ0n) is 12.2. The van der Waals surface area contributed by atoms with E-state index in [0.29, 0.717) is 5.57 Å². The van der Waals surface area contributed by atoms with Crippen molar-refractivity contribution < 1.29 is 22.2 Å². The summed E-state index contributed by atoms with van der Waals surface area (Å²) < 4.78 is 27.7. The van der Waals surface area contributed by atoms with Crippen LogP contribution in [0.3, 0.4) is 0 Å². The number of hydroxylamine groups is 2. The van der Waals surface area contributed by atoms with E-state index in [1.54, 1.807) is 6.08 Å². The maximum Gasteiger partial charge on any atom is 0.322 e. The van der Waals surface area contributed by atoms with Gasteiger partial charge in [0.1, 0.15) is 0 Å². The van der Waals surface area contributed by atoms with Gasteiger partial charge in [-0.3, -0.25) is 8.98 Å². The van der Waals surface area contributed by atoms with E-state index in [-0.39, 0.29) is 5.75 Å². The van der Waals surface area contributed by atoms with E-state index >= 15 is 0 Å². The fourth-order valence-corrected chi connectivity index (χ4v) is 3.28. The first-order valence-electron chi connectivity index (χ1n) is 5.92. The van der Waals surface area contributed by atoms with E-state index in [9.17, 15) is 13.2 Å². The Morgan fingerprint density at radius 3 is 2.26 bits per heavy atom. The van der Waals surface area contributed by atoms with Crippen molar-refractivity contribution in [3.8, 4) is 0 Å². The van der Waals surface area contributed by atoms with Gasteiger partial charge in [-0.1, -0.05) is 6.08 Å². The fraction of sp³-hybridized carbons (Fsp3) is 0.750. The van der Waals surface area contributed by atoms with Gasteiger partial charge in [-0.15, -0.1) is 5.06 Å². The molecule has 0 aromatic carbocycles. The molecule has 1 aliphatic rings. The van der Waals surface area contributed by atoms with Crippen LogP contribution >= 0.6 is 0 Å². The molecule has 0 bridgehead atoms. The average Bonchev–Trinajstić information content (AvgIpc) is 2.38. The van der Waals surface area contributed by atoms with E-state index in [1.165, 1.54) is 12.0 Å².